The molecule has 0 radical (unpaired) electrons. The molecule has 0 nitrogen and oxygen atoms in total. The van der Waals surface area contributed by atoms with E-state index in [1.807, 2.05) is 0 Å². The molecule has 0 aliphatic carbocycles. The van der Waals surface area contributed by atoms with Gasteiger partial charge >= 0.3 is 0 Å². The Labute approximate surface area is 353 Å². The highest BCUT2D eigenvalue weighted by Crippen LogP contribution is 2.57. The van der Waals surface area contributed by atoms with Gasteiger partial charge in [-0.3, -0.25) is 0 Å². The summed E-state index contributed by atoms with van der Waals surface area (Å²) in [7, 11) is 0. The van der Waals surface area contributed by atoms with E-state index in [1.165, 1.54) is 120 Å². The summed E-state index contributed by atoms with van der Waals surface area (Å²) in [5, 5.41) is 15.7. The predicted molar refractivity (Wildman–Crippen MR) is 262 cm³/mol. The summed E-state index contributed by atoms with van der Waals surface area (Å²) in [6.07, 6.45) is 0. The van der Waals surface area contributed by atoms with Gasteiger partial charge in [0.2, 0.25) is 0 Å². The average molecular weight is 769 g/mol. The maximum absolute atomic E-state index is 2.55. The summed E-state index contributed by atoms with van der Waals surface area (Å²) in [6.45, 7) is 14.1. The van der Waals surface area contributed by atoms with Crippen LogP contribution in [0.2, 0.25) is 0 Å². The van der Waals surface area contributed by atoms with Gasteiger partial charge in [-0.25, -0.2) is 0 Å². The molecule has 60 heavy (non-hydrogen) atoms. The fourth-order valence-corrected chi connectivity index (χ4v) is 10.2. The number of rotatable bonds is 4. The van der Waals surface area contributed by atoms with Gasteiger partial charge in [0.05, 0.1) is 0 Å². The zero-order chi connectivity index (χ0) is 40.9. The normalized spacial score (nSPS) is 12.5. The van der Waals surface area contributed by atoms with E-state index in [9.17, 15) is 0 Å². The number of hydrogen-bond acceptors (Lipinski definition) is 0. The molecule has 0 aromatic heterocycles. The molecule has 0 fully saturated rings. The van der Waals surface area contributed by atoms with Gasteiger partial charge in [-0.15, -0.1) is 0 Å². The maximum Gasteiger partial charge on any atom is -0.000116 e. The lowest BCUT2D eigenvalue weighted by atomic mass is 9.74. The van der Waals surface area contributed by atoms with Crippen LogP contribution in [0.4, 0.5) is 0 Å². The van der Waals surface area contributed by atoms with Crippen molar-refractivity contribution in [2.45, 2.75) is 52.4 Å². The SMILES string of the molecule is CC(C)(C)c1cc2ccc3cc(C(C)(C)C)cc4c5c(-c6ccccc6)c6c(-c7ccccc7)c7ccccc7c(-c7ccccc7)c6c(-c6ccccc6)c5c(c1)c2c34. The van der Waals surface area contributed by atoms with Crippen molar-refractivity contribution >= 4 is 64.6 Å². The lowest BCUT2D eigenvalue weighted by molar-refractivity contribution is 0.591. The lowest BCUT2D eigenvalue weighted by Gasteiger charge is -2.29. The van der Waals surface area contributed by atoms with Crippen molar-refractivity contribution < 1.29 is 0 Å². The third kappa shape index (κ3) is 5.51. The first kappa shape index (κ1) is 36.3. The van der Waals surface area contributed by atoms with E-state index in [0.29, 0.717) is 0 Å². The van der Waals surface area contributed by atoms with Crippen molar-refractivity contribution in [3.8, 4) is 44.5 Å². The molecule has 0 saturated carbocycles. The highest BCUT2D eigenvalue weighted by atomic mass is 14.3. The number of fused-ring (bicyclic) bond motifs is 5. The average Bonchev–Trinajstić information content (AvgIpc) is 3.27. The monoisotopic (exact) mass is 768 g/mol. The Kier molecular flexibility index (Phi) is 8.10. The molecule has 0 aliphatic heterocycles. The lowest BCUT2D eigenvalue weighted by Crippen LogP contribution is -2.12. The molecular formula is C60H48. The molecule has 0 N–H and O–H groups in total. The van der Waals surface area contributed by atoms with Crippen LogP contribution in [0, 0.1) is 0 Å². The highest BCUT2D eigenvalue weighted by molar-refractivity contribution is 6.44. The summed E-state index contributed by atoms with van der Waals surface area (Å²) in [6, 6.07) is 68.8. The van der Waals surface area contributed by atoms with Crippen LogP contribution in [0.1, 0.15) is 52.7 Å². The van der Waals surface area contributed by atoms with Crippen LogP contribution >= 0.6 is 0 Å². The van der Waals surface area contributed by atoms with Crippen LogP contribution in [-0.4, -0.2) is 0 Å². The molecule has 0 amide bonds. The molecule has 11 rings (SSSR count). The summed E-state index contributed by atoms with van der Waals surface area (Å²) in [5.74, 6) is 0. The summed E-state index contributed by atoms with van der Waals surface area (Å²) >= 11 is 0. The van der Waals surface area contributed by atoms with Gasteiger partial charge in [0.25, 0.3) is 0 Å². The van der Waals surface area contributed by atoms with Crippen LogP contribution in [0.3, 0.4) is 0 Å². The Morgan fingerprint density at radius 2 is 0.550 bits per heavy atom. The molecule has 0 heterocycles. The first-order valence-electron chi connectivity index (χ1n) is 21.4. The van der Waals surface area contributed by atoms with E-state index in [-0.39, 0.29) is 10.8 Å². The minimum atomic E-state index is -0.0614. The Balaban J connectivity index is 1.60. The molecule has 288 valence electrons. The minimum Gasteiger partial charge on any atom is -0.0622 e. The smallest absolute Gasteiger partial charge is 0.000116 e. The second-order valence-electron chi connectivity index (χ2n) is 18.8. The third-order valence-electron chi connectivity index (χ3n) is 13.0. The van der Waals surface area contributed by atoms with Gasteiger partial charge in [-0.05, 0) is 143 Å². The van der Waals surface area contributed by atoms with Gasteiger partial charge < -0.3 is 0 Å². The van der Waals surface area contributed by atoms with Gasteiger partial charge in [0.1, 0.15) is 0 Å². The summed E-state index contributed by atoms with van der Waals surface area (Å²) < 4.78 is 0. The second-order valence-corrected chi connectivity index (χ2v) is 18.8. The standard InChI is InChI=1S/C60H48/c1-59(2,3)43-33-41-31-32-42-34-44(60(4,5)6)36-48-52(42)51(41)47(35-43)55-53(39-25-15-9-16-26-39)57-49(37-21-11-7-12-22-37)45-29-19-20-30-46(45)50(38-23-13-8-14-24-38)58(57)54(56(48)55)40-27-17-10-18-28-40/h7-36H,1-6H3. The first-order valence-corrected chi connectivity index (χ1v) is 21.4. The van der Waals surface area contributed by atoms with E-state index in [4.69, 9.17) is 0 Å². The molecule has 11 aromatic rings. The summed E-state index contributed by atoms with van der Waals surface area (Å²) in [5.41, 5.74) is 12.6. The van der Waals surface area contributed by atoms with Gasteiger partial charge in [-0.2, -0.15) is 0 Å². The Morgan fingerprint density at radius 3 is 0.867 bits per heavy atom. The first-order chi connectivity index (χ1) is 29.1. The molecule has 0 spiro atoms. The highest BCUT2D eigenvalue weighted by Gasteiger charge is 2.30. The van der Waals surface area contributed by atoms with Crippen LogP contribution in [0.25, 0.3) is 109 Å². The van der Waals surface area contributed by atoms with E-state index in [0.717, 1.165) is 0 Å². The van der Waals surface area contributed by atoms with Crippen molar-refractivity contribution in [2.75, 3.05) is 0 Å². The molecule has 0 unspecified atom stereocenters. The minimum absolute atomic E-state index is 0.0614. The third-order valence-corrected chi connectivity index (χ3v) is 13.0. The zero-order valence-electron chi connectivity index (χ0n) is 35.3. The zero-order valence-corrected chi connectivity index (χ0v) is 35.3. The van der Waals surface area contributed by atoms with E-state index >= 15 is 0 Å². The van der Waals surface area contributed by atoms with Gasteiger partial charge in [0, 0.05) is 0 Å². The number of hydrogen-bond donors (Lipinski definition) is 0. The van der Waals surface area contributed by atoms with E-state index in [1.54, 1.807) is 0 Å². The van der Waals surface area contributed by atoms with Crippen LogP contribution in [0.15, 0.2) is 182 Å². The topological polar surface area (TPSA) is 0 Å². The van der Waals surface area contributed by atoms with Crippen LogP contribution < -0.4 is 0 Å². The fourth-order valence-electron chi connectivity index (χ4n) is 10.2. The van der Waals surface area contributed by atoms with Crippen LogP contribution in [-0.2, 0) is 10.8 Å². The van der Waals surface area contributed by atoms with Crippen molar-refractivity contribution in [2.24, 2.45) is 0 Å². The largest absolute Gasteiger partial charge is 0.0622 e. The predicted octanol–water partition coefficient (Wildman–Crippen LogP) is 17.3. The Bertz CT molecular complexity index is 3200. The molecular weight excluding hydrogens is 721 g/mol. The van der Waals surface area contributed by atoms with E-state index in [2.05, 4.69) is 224 Å². The molecule has 0 saturated heterocycles. The quantitative estimate of drug-likeness (QED) is 0.124. The maximum atomic E-state index is 2.55. The van der Waals surface area contributed by atoms with Gasteiger partial charge in [0.15, 0.2) is 0 Å². The van der Waals surface area contributed by atoms with Crippen molar-refractivity contribution in [1.82, 2.24) is 0 Å². The Hall–Kier alpha value is -6.76. The van der Waals surface area contributed by atoms with E-state index < -0.39 is 0 Å². The molecule has 0 bridgehead atoms. The van der Waals surface area contributed by atoms with Crippen molar-refractivity contribution in [1.29, 1.82) is 0 Å². The number of benzene rings is 11. The molecule has 0 atom stereocenters. The van der Waals surface area contributed by atoms with Crippen LogP contribution in [0.5, 0.6) is 0 Å². The Morgan fingerprint density at radius 1 is 0.250 bits per heavy atom. The summed E-state index contributed by atoms with van der Waals surface area (Å²) in [4.78, 5) is 0. The van der Waals surface area contributed by atoms with Crippen molar-refractivity contribution in [3.05, 3.63) is 193 Å². The fraction of sp³-hybridized carbons (Fsp3) is 0.133. The van der Waals surface area contributed by atoms with Crippen molar-refractivity contribution in [3.63, 3.8) is 0 Å². The molecule has 0 aliphatic rings. The van der Waals surface area contributed by atoms with Gasteiger partial charge in [-0.1, -0.05) is 211 Å². The second kappa shape index (κ2) is 13.4. The molecule has 11 aromatic carbocycles. The molecule has 0 heteroatoms.